The fourth-order valence-electron chi connectivity index (χ4n) is 5.47. The number of rotatable bonds is 7. The number of hydrogen-bond acceptors (Lipinski definition) is 6. The van der Waals surface area contributed by atoms with E-state index in [1.54, 1.807) is 0 Å². The number of carbonyl (C=O) groups excluding carboxylic acids is 1. The molecule has 3 aromatic carbocycles. The number of aliphatic hydroxyl groups is 1. The van der Waals surface area contributed by atoms with Gasteiger partial charge in [-0.1, -0.05) is 6.07 Å². The predicted molar refractivity (Wildman–Crippen MR) is 151 cm³/mol. The second-order valence-electron chi connectivity index (χ2n) is 10.3. The lowest BCUT2D eigenvalue weighted by Crippen LogP contribution is -2.36. The summed E-state index contributed by atoms with van der Waals surface area (Å²) >= 11 is 0. The number of hydrogen-bond donors (Lipinski definition) is 2. The smallest absolute Gasteiger partial charge is 0.167 e. The molecule has 2 aliphatic heterocycles. The molecular formula is C31H34N4O3. The number of fused-ring (bicyclic) bond motifs is 1. The lowest BCUT2D eigenvalue weighted by Gasteiger charge is -2.32. The molecule has 7 nitrogen and oxygen atoms in total. The minimum absolute atomic E-state index is 0.108. The summed E-state index contributed by atoms with van der Waals surface area (Å²) in [4.78, 5) is 25.9. The topological polar surface area (TPSA) is 81.7 Å². The quantitative estimate of drug-likeness (QED) is 0.351. The average Bonchev–Trinajstić information content (AvgIpc) is 3.41. The van der Waals surface area contributed by atoms with Gasteiger partial charge < -0.3 is 24.6 Å². The minimum atomic E-state index is 0.108. The van der Waals surface area contributed by atoms with Crippen LogP contribution >= 0.6 is 0 Å². The molecule has 2 fully saturated rings. The van der Waals surface area contributed by atoms with Gasteiger partial charge in [-0.05, 0) is 85.0 Å². The van der Waals surface area contributed by atoms with Crippen molar-refractivity contribution in [1.82, 2.24) is 9.97 Å². The number of piperidine rings is 1. The number of aliphatic hydroxyl groups excluding tert-OH is 1. The van der Waals surface area contributed by atoms with Crippen molar-refractivity contribution < 1.29 is 14.6 Å². The number of nitrogens with zero attached hydrogens (tertiary/aromatic N) is 3. The summed E-state index contributed by atoms with van der Waals surface area (Å²) in [6.45, 7) is 5.51. The van der Waals surface area contributed by atoms with E-state index < -0.39 is 0 Å². The average molecular weight is 511 g/mol. The number of Topliss-reactive ketones (excluding diaryl/α,β-unsaturated/α-hetero) is 1. The molecule has 0 bridgehead atoms. The largest absolute Gasteiger partial charge is 0.396 e. The maximum atomic E-state index is 13.0. The summed E-state index contributed by atoms with van der Waals surface area (Å²) < 4.78 is 5.43. The van der Waals surface area contributed by atoms with Crippen LogP contribution in [0.1, 0.15) is 28.8 Å². The van der Waals surface area contributed by atoms with Crippen molar-refractivity contribution in [1.29, 1.82) is 0 Å². The number of imidazole rings is 1. The maximum absolute atomic E-state index is 13.0. The van der Waals surface area contributed by atoms with E-state index in [1.165, 1.54) is 5.69 Å². The Labute approximate surface area is 223 Å². The first-order valence-electron chi connectivity index (χ1n) is 13.6. The maximum Gasteiger partial charge on any atom is 0.167 e. The Morgan fingerprint density at radius 2 is 1.55 bits per heavy atom. The molecule has 0 saturated carbocycles. The van der Waals surface area contributed by atoms with Crippen LogP contribution in [0.3, 0.4) is 0 Å². The molecule has 0 amide bonds. The normalized spacial score (nSPS) is 16.8. The number of carbonyl (C=O) groups is 1. The van der Waals surface area contributed by atoms with Crippen molar-refractivity contribution in [3.63, 3.8) is 0 Å². The number of H-pyrrole nitrogens is 1. The van der Waals surface area contributed by atoms with Crippen LogP contribution in [0, 0.1) is 5.92 Å². The van der Waals surface area contributed by atoms with Crippen molar-refractivity contribution in [3.05, 3.63) is 77.9 Å². The number of ether oxygens (including phenoxy) is 1. The van der Waals surface area contributed by atoms with Gasteiger partial charge in [0.15, 0.2) is 5.78 Å². The molecule has 2 saturated heterocycles. The fraction of sp³-hybridized carbons (Fsp3) is 0.355. The highest BCUT2D eigenvalue weighted by molar-refractivity contribution is 5.98. The second kappa shape index (κ2) is 11.0. The van der Waals surface area contributed by atoms with Crippen LogP contribution in [0.15, 0.2) is 66.7 Å². The molecule has 0 spiro atoms. The van der Waals surface area contributed by atoms with Gasteiger partial charge in [-0.25, -0.2) is 4.98 Å². The molecule has 0 unspecified atom stereocenters. The Kier molecular flexibility index (Phi) is 7.12. The van der Waals surface area contributed by atoms with Crippen LogP contribution in [0.5, 0.6) is 0 Å². The zero-order valence-corrected chi connectivity index (χ0v) is 21.6. The lowest BCUT2D eigenvalue weighted by molar-refractivity contribution is 0.0993. The number of nitrogens with one attached hydrogen (secondary N) is 1. The first-order valence-corrected chi connectivity index (χ1v) is 13.6. The summed E-state index contributed by atoms with van der Waals surface area (Å²) in [7, 11) is 0. The van der Waals surface area contributed by atoms with Crippen LogP contribution in [-0.2, 0) is 11.2 Å². The van der Waals surface area contributed by atoms with Crippen LogP contribution in [0.25, 0.3) is 22.4 Å². The van der Waals surface area contributed by atoms with Gasteiger partial charge in [0.2, 0.25) is 0 Å². The van der Waals surface area contributed by atoms with Gasteiger partial charge in [-0.3, -0.25) is 4.79 Å². The summed E-state index contributed by atoms with van der Waals surface area (Å²) in [6, 6.07) is 22.4. The van der Waals surface area contributed by atoms with Crippen LogP contribution < -0.4 is 9.80 Å². The number of morpholine rings is 1. The molecule has 7 heteroatoms. The monoisotopic (exact) mass is 510 g/mol. The van der Waals surface area contributed by atoms with Crippen molar-refractivity contribution in [2.45, 2.75) is 19.3 Å². The first kappa shape index (κ1) is 24.6. The Morgan fingerprint density at radius 3 is 2.24 bits per heavy atom. The fourth-order valence-corrected chi connectivity index (χ4v) is 5.47. The van der Waals surface area contributed by atoms with Crippen LogP contribution in [0.2, 0.25) is 0 Å². The minimum Gasteiger partial charge on any atom is -0.396 e. The molecule has 3 heterocycles. The standard InChI is InChI=1S/C31H34N4O3/c36-21-22-11-13-34(14-12-22)26-8-4-25(5-9-26)31-32-28-10-1-23(19-29(28)33-31)20-30(37)24-2-6-27(7-3-24)35-15-17-38-18-16-35/h1-10,19,22,36H,11-18,20-21H2,(H,32,33). The van der Waals surface area contributed by atoms with Crippen LogP contribution in [-0.4, -0.2) is 66.9 Å². The van der Waals surface area contributed by atoms with E-state index in [0.29, 0.717) is 12.3 Å². The van der Waals surface area contributed by atoms with Crippen molar-refractivity contribution in [2.24, 2.45) is 5.92 Å². The van der Waals surface area contributed by atoms with Crippen molar-refractivity contribution in [3.8, 4) is 11.4 Å². The van der Waals surface area contributed by atoms with E-state index >= 15 is 0 Å². The summed E-state index contributed by atoms with van der Waals surface area (Å²) in [5, 5.41) is 9.38. The first-order chi connectivity index (χ1) is 18.7. The number of benzene rings is 3. The van der Waals surface area contributed by atoms with E-state index in [0.717, 1.165) is 91.5 Å². The van der Waals surface area contributed by atoms with Gasteiger partial charge in [0.25, 0.3) is 0 Å². The zero-order valence-electron chi connectivity index (χ0n) is 21.6. The number of aromatic nitrogens is 2. The van der Waals surface area contributed by atoms with Gasteiger partial charge in [0, 0.05) is 61.7 Å². The summed E-state index contributed by atoms with van der Waals surface area (Å²) in [6.07, 6.45) is 2.42. The SMILES string of the molecule is O=C(Cc1ccc2nc(-c3ccc(N4CCC(CO)CC4)cc3)[nH]c2c1)c1ccc(N2CCOCC2)cc1. The van der Waals surface area contributed by atoms with Crippen LogP contribution in [0.4, 0.5) is 11.4 Å². The molecule has 0 atom stereocenters. The van der Waals surface area contributed by atoms with Gasteiger partial charge in [-0.15, -0.1) is 0 Å². The number of anilines is 2. The third-order valence-corrected chi connectivity index (χ3v) is 7.86. The Balaban J connectivity index is 1.12. The number of aromatic amines is 1. The molecular weight excluding hydrogens is 476 g/mol. The summed E-state index contributed by atoms with van der Waals surface area (Å²) in [5.41, 5.74) is 6.90. The second-order valence-corrected chi connectivity index (χ2v) is 10.3. The molecule has 38 heavy (non-hydrogen) atoms. The molecule has 1 aromatic heterocycles. The van der Waals surface area contributed by atoms with Crippen molar-refractivity contribution in [2.75, 3.05) is 55.8 Å². The Hall–Kier alpha value is -3.68. The lowest BCUT2D eigenvalue weighted by atomic mass is 9.97. The highest BCUT2D eigenvalue weighted by atomic mass is 16.5. The van der Waals surface area contributed by atoms with Gasteiger partial charge in [0.05, 0.1) is 24.2 Å². The molecule has 196 valence electrons. The number of ketones is 1. The highest BCUT2D eigenvalue weighted by Gasteiger charge is 2.19. The Bertz CT molecular complexity index is 1380. The van der Waals surface area contributed by atoms with Gasteiger partial charge in [0.1, 0.15) is 5.82 Å². The Morgan fingerprint density at radius 1 is 0.895 bits per heavy atom. The molecule has 6 rings (SSSR count). The predicted octanol–water partition coefficient (Wildman–Crippen LogP) is 4.70. The van der Waals surface area contributed by atoms with E-state index in [-0.39, 0.29) is 12.4 Å². The zero-order chi connectivity index (χ0) is 25.9. The van der Waals surface area contributed by atoms with Crippen molar-refractivity contribution >= 4 is 28.2 Å². The molecule has 0 aliphatic carbocycles. The molecule has 4 aromatic rings. The molecule has 2 N–H and O–H groups in total. The van der Waals surface area contributed by atoms with Gasteiger partial charge >= 0.3 is 0 Å². The molecule has 0 radical (unpaired) electrons. The van der Waals surface area contributed by atoms with E-state index in [4.69, 9.17) is 9.72 Å². The van der Waals surface area contributed by atoms with E-state index in [1.807, 2.05) is 42.5 Å². The summed E-state index contributed by atoms with van der Waals surface area (Å²) in [5.74, 6) is 1.37. The van der Waals surface area contributed by atoms with Gasteiger partial charge in [-0.2, -0.15) is 0 Å². The highest BCUT2D eigenvalue weighted by Crippen LogP contribution is 2.27. The van der Waals surface area contributed by atoms with E-state index in [2.05, 4.69) is 39.0 Å². The third-order valence-electron chi connectivity index (χ3n) is 7.86. The van der Waals surface area contributed by atoms with E-state index in [9.17, 15) is 9.90 Å². The molecule has 2 aliphatic rings. The third kappa shape index (κ3) is 5.30.